The van der Waals surface area contributed by atoms with Crippen LogP contribution in [-0.2, 0) is 21.4 Å². The van der Waals surface area contributed by atoms with E-state index in [4.69, 9.17) is 9.47 Å². The first kappa shape index (κ1) is 18.9. The zero-order chi connectivity index (χ0) is 19.7. The van der Waals surface area contributed by atoms with Gasteiger partial charge in [0.05, 0.1) is 30.5 Å². The lowest BCUT2D eigenvalue weighted by Crippen LogP contribution is -2.39. The quantitative estimate of drug-likeness (QED) is 0.732. The molecule has 0 bridgehead atoms. The Morgan fingerprint density at radius 1 is 1.04 bits per heavy atom. The van der Waals surface area contributed by atoms with Crippen LogP contribution in [-0.4, -0.2) is 52.8 Å². The largest absolute Gasteiger partial charge is 0.435 e. The summed E-state index contributed by atoms with van der Waals surface area (Å²) >= 11 is 0. The standard InChI is InChI=1S/C15H15F7N2O3/c16-6-3-5(4-7(17)9(6)18)24-10-8(13(23-24)15(20,21)22)14(12(19)11(10)25)26-1-2-27-14/h5-7,9,11-12,25H,1-4H2/t5-,6-,7+,9-,11-,12+/m0/s1. The van der Waals surface area contributed by atoms with Crippen molar-refractivity contribution in [1.29, 1.82) is 0 Å². The van der Waals surface area contributed by atoms with Gasteiger partial charge in [-0.2, -0.15) is 18.3 Å². The summed E-state index contributed by atoms with van der Waals surface area (Å²) in [5.74, 6) is -2.49. The summed E-state index contributed by atoms with van der Waals surface area (Å²) in [6, 6.07) is -1.33. The molecule has 0 aromatic carbocycles. The Bertz CT molecular complexity index is 722. The molecule has 2 fully saturated rings. The van der Waals surface area contributed by atoms with Crippen LogP contribution >= 0.6 is 0 Å². The number of aromatic nitrogens is 2. The topological polar surface area (TPSA) is 56.5 Å². The zero-order valence-electron chi connectivity index (χ0n) is 13.6. The fourth-order valence-electron chi connectivity index (χ4n) is 4.07. The van der Waals surface area contributed by atoms with Crippen LogP contribution in [0.2, 0.25) is 0 Å². The molecule has 1 spiro atoms. The number of nitrogens with zero attached hydrogens (tertiary/aromatic N) is 2. The maximum atomic E-state index is 14.7. The zero-order valence-corrected chi connectivity index (χ0v) is 13.6. The van der Waals surface area contributed by atoms with E-state index in [0.29, 0.717) is 4.68 Å². The van der Waals surface area contributed by atoms with Crippen molar-refractivity contribution in [1.82, 2.24) is 9.78 Å². The van der Waals surface area contributed by atoms with E-state index in [2.05, 4.69) is 5.10 Å². The van der Waals surface area contributed by atoms with Gasteiger partial charge < -0.3 is 14.6 Å². The molecule has 0 radical (unpaired) electrons. The van der Waals surface area contributed by atoms with Crippen LogP contribution in [0.15, 0.2) is 0 Å². The Hall–Kier alpha value is -1.40. The highest BCUT2D eigenvalue weighted by Gasteiger charge is 2.64. The second kappa shape index (κ2) is 6.05. The van der Waals surface area contributed by atoms with E-state index in [0.717, 1.165) is 0 Å². The third-order valence-electron chi connectivity index (χ3n) is 5.23. The highest BCUT2D eigenvalue weighted by Crippen LogP contribution is 2.55. The third kappa shape index (κ3) is 2.59. The molecule has 0 amide bonds. The van der Waals surface area contributed by atoms with Gasteiger partial charge >= 0.3 is 6.18 Å². The van der Waals surface area contributed by atoms with Gasteiger partial charge in [-0.1, -0.05) is 0 Å². The number of ether oxygens (including phenoxy) is 2. The first-order valence-corrected chi connectivity index (χ1v) is 8.30. The van der Waals surface area contributed by atoms with Gasteiger partial charge in [0, 0.05) is 12.8 Å². The number of hydrogen-bond donors (Lipinski definition) is 1. The van der Waals surface area contributed by atoms with Crippen LogP contribution in [0.5, 0.6) is 0 Å². The van der Waals surface area contributed by atoms with Gasteiger partial charge in [0.15, 0.2) is 18.0 Å². The van der Waals surface area contributed by atoms with E-state index in [1.54, 1.807) is 0 Å². The predicted molar refractivity (Wildman–Crippen MR) is 73.6 cm³/mol. The molecular formula is C15H15F7N2O3. The van der Waals surface area contributed by atoms with Crippen LogP contribution in [0.3, 0.4) is 0 Å². The summed E-state index contributed by atoms with van der Waals surface area (Å²) in [7, 11) is 0. The van der Waals surface area contributed by atoms with E-state index < -0.39 is 78.6 Å². The van der Waals surface area contributed by atoms with Crippen LogP contribution in [0.25, 0.3) is 0 Å². The van der Waals surface area contributed by atoms with Crippen LogP contribution in [0, 0.1) is 0 Å². The fraction of sp³-hybridized carbons (Fsp3) is 0.800. The minimum absolute atomic E-state index is 0.207. The van der Waals surface area contributed by atoms with E-state index in [1.807, 2.05) is 0 Å². The third-order valence-corrected chi connectivity index (χ3v) is 5.23. The molecule has 12 heteroatoms. The number of aliphatic hydroxyl groups is 1. The Balaban J connectivity index is 1.87. The van der Waals surface area contributed by atoms with Gasteiger partial charge in [-0.15, -0.1) is 0 Å². The smallest absolute Gasteiger partial charge is 0.383 e. The molecule has 1 aromatic heterocycles. The lowest BCUT2D eigenvalue weighted by molar-refractivity contribution is -0.222. The van der Waals surface area contributed by atoms with Crippen molar-refractivity contribution >= 4 is 0 Å². The van der Waals surface area contributed by atoms with Gasteiger partial charge in [-0.05, 0) is 0 Å². The van der Waals surface area contributed by atoms with Crippen molar-refractivity contribution in [3.63, 3.8) is 0 Å². The summed E-state index contributed by atoms with van der Waals surface area (Å²) in [4.78, 5) is 0. The molecule has 1 saturated heterocycles. The number of halogens is 7. The molecule has 152 valence electrons. The second-order valence-corrected chi connectivity index (χ2v) is 6.86. The molecule has 27 heavy (non-hydrogen) atoms. The minimum atomic E-state index is -5.07. The average molecular weight is 404 g/mol. The minimum Gasteiger partial charge on any atom is -0.383 e. The summed E-state index contributed by atoms with van der Waals surface area (Å²) in [5, 5.41) is 13.6. The van der Waals surface area contributed by atoms with Crippen molar-refractivity contribution in [2.45, 2.75) is 61.6 Å². The summed E-state index contributed by atoms with van der Waals surface area (Å²) in [6.45, 7) is -0.414. The van der Waals surface area contributed by atoms with Gasteiger partial charge in [0.25, 0.3) is 0 Å². The maximum absolute atomic E-state index is 14.7. The van der Waals surface area contributed by atoms with Crippen LogP contribution < -0.4 is 0 Å². The molecular weight excluding hydrogens is 389 g/mol. The molecule has 1 aliphatic heterocycles. The lowest BCUT2D eigenvalue weighted by Gasteiger charge is -2.31. The van der Waals surface area contributed by atoms with Gasteiger partial charge in [0.2, 0.25) is 5.79 Å². The summed E-state index contributed by atoms with van der Waals surface area (Å²) in [6.07, 6.45) is -17.8. The molecule has 1 aromatic rings. The Morgan fingerprint density at radius 3 is 2.11 bits per heavy atom. The normalized spacial score (nSPS) is 38.5. The van der Waals surface area contributed by atoms with E-state index in [9.17, 15) is 35.8 Å². The van der Waals surface area contributed by atoms with Gasteiger partial charge in [0.1, 0.15) is 18.4 Å². The molecule has 5 nitrogen and oxygen atoms in total. The number of hydrogen-bond acceptors (Lipinski definition) is 4. The number of rotatable bonds is 1. The monoisotopic (exact) mass is 404 g/mol. The fourth-order valence-corrected chi connectivity index (χ4v) is 4.07. The predicted octanol–water partition coefficient (Wildman–Crippen LogP) is 2.84. The maximum Gasteiger partial charge on any atom is 0.435 e. The van der Waals surface area contributed by atoms with E-state index in [-0.39, 0.29) is 13.2 Å². The summed E-state index contributed by atoms with van der Waals surface area (Å²) < 4.78 is 107. The van der Waals surface area contributed by atoms with Crippen molar-refractivity contribution < 1.29 is 45.3 Å². The lowest BCUT2D eigenvalue weighted by atomic mass is 9.90. The first-order chi connectivity index (χ1) is 12.6. The summed E-state index contributed by atoms with van der Waals surface area (Å²) in [5.41, 5.74) is -3.01. The van der Waals surface area contributed by atoms with Crippen LogP contribution in [0.4, 0.5) is 30.7 Å². The Labute approximate surface area is 148 Å². The second-order valence-electron chi connectivity index (χ2n) is 6.86. The molecule has 1 saturated carbocycles. The van der Waals surface area contributed by atoms with Gasteiger partial charge in [-0.25, -0.2) is 17.6 Å². The van der Waals surface area contributed by atoms with E-state index in [1.165, 1.54) is 0 Å². The first-order valence-electron chi connectivity index (χ1n) is 8.30. The molecule has 1 N–H and O–H groups in total. The highest BCUT2D eigenvalue weighted by atomic mass is 19.4. The van der Waals surface area contributed by atoms with Crippen molar-refractivity contribution in [3.05, 3.63) is 17.0 Å². The molecule has 2 aliphatic carbocycles. The average Bonchev–Trinajstić information content (AvgIpc) is 3.26. The molecule has 6 atom stereocenters. The number of fused-ring (bicyclic) bond motifs is 2. The van der Waals surface area contributed by atoms with Gasteiger partial charge in [-0.3, -0.25) is 4.68 Å². The number of alkyl halides is 7. The highest BCUT2D eigenvalue weighted by molar-refractivity contribution is 5.42. The SMILES string of the molecule is O[C@H]1c2c(c(C(F)(F)F)nn2[C@@H]2C[C@@H](F)[C@@H](F)[C@@H](F)C2)C2(OCCO2)[C@@H]1F. The van der Waals surface area contributed by atoms with Crippen molar-refractivity contribution in [2.75, 3.05) is 13.2 Å². The molecule has 2 heterocycles. The van der Waals surface area contributed by atoms with Crippen molar-refractivity contribution in [3.8, 4) is 0 Å². The van der Waals surface area contributed by atoms with Crippen molar-refractivity contribution in [2.24, 2.45) is 0 Å². The Morgan fingerprint density at radius 2 is 1.59 bits per heavy atom. The Kier molecular flexibility index (Phi) is 4.24. The van der Waals surface area contributed by atoms with E-state index >= 15 is 0 Å². The molecule has 0 unspecified atom stereocenters. The molecule has 4 rings (SSSR count). The van der Waals surface area contributed by atoms with Crippen LogP contribution in [0.1, 0.15) is 41.9 Å². The molecule has 3 aliphatic rings. The number of aliphatic hydroxyl groups excluding tert-OH is 1.